The first-order chi connectivity index (χ1) is 21.9. The fourth-order valence-corrected chi connectivity index (χ4v) is 6.65. The van der Waals surface area contributed by atoms with E-state index in [-0.39, 0.29) is 11.9 Å². The van der Waals surface area contributed by atoms with Crippen molar-refractivity contribution in [2.45, 2.75) is 207 Å². The number of rotatable bonds is 36. The maximum atomic E-state index is 11.9. The molecule has 0 radical (unpaired) electrons. The third-order valence-corrected chi connectivity index (χ3v) is 9.87. The van der Waals surface area contributed by atoms with Crippen LogP contribution in [-0.2, 0) is 19.1 Å². The van der Waals surface area contributed by atoms with Crippen molar-refractivity contribution in [2.24, 2.45) is 11.8 Å². The normalized spacial score (nSPS) is 11.5. The lowest BCUT2D eigenvalue weighted by Gasteiger charge is -2.06. The van der Waals surface area contributed by atoms with Crippen LogP contribution in [0.5, 0.6) is 0 Å². The SMILES string of the molecule is CC(C)CCCCCCCCCCCCCOC(=O)CCCSCCCC(=O)OCCCCCCCCCCCCCC(C)C. The molecule has 0 rings (SSSR count). The van der Waals surface area contributed by atoms with E-state index in [1.165, 1.54) is 141 Å². The largest absolute Gasteiger partial charge is 0.466 e. The van der Waals surface area contributed by atoms with Crippen molar-refractivity contribution in [1.82, 2.24) is 0 Å². The maximum Gasteiger partial charge on any atom is 0.305 e. The molecule has 0 aromatic rings. The van der Waals surface area contributed by atoms with Gasteiger partial charge in [0, 0.05) is 12.8 Å². The second-order valence-corrected chi connectivity index (χ2v) is 15.6. The standard InChI is InChI=1S/C40H78O4S/c1-37(2)29-23-19-15-11-7-5-9-13-17-21-25-33-43-39(41)31-27-35-45-36-28-32-40(42)44-34-26-22-18-14-10-6-8-12-16-20-24-30-38(3)4/h37-38H,5-36H2,1-4H3. The highest BCUT2D eigenvalue weighted by Gasteiger charge is 2.05. The third-order valence-electron chi connectivity index (χ3n) is 8.72. The molecule has 5 heteroatoms. The van der Waals surface area contributed by atoms with Crippen molar-refractivity contribution in [1.29, 1.82) is 0 Å². The zero-order valence-electron chi connectivity index (χ0n) is 30.8. The van der Waals surface area contributed by atoms with Crippen LogP contribution in [0.1, 0.15) is 207 Å². The lowest BCUT2D eigenvalue weighted by atomic mass is 10.0. The van der Waals surface area contributed by atoms with Crippen molar-refractivity contribution >= 4 is 23.7 Å². The van der Waals surface area contributed by atoms with E-state index in [4.69, 9.17) is 9.47 Å². The van der Waals surface area contributed by atoms with Crippen molar-refractivity contribution in [2.75, 3.05) is 24.7 Å². The van der Waals surface area contributed by atoms with Crippen LogP contribution in [0.15, 0.2) is 0 Å². The molecule has 0 aromatic heterocycles. The minimum absolute atomic E-state index is 0.0597. The molecule has 0 aliphatic rings. The Morgan fingerprint density at radius 1 is 0.400 bits per heavy atom. The van der Waals surface area contributed by atoms with E-state index < -0.39 is 0 Å². The summed E-state index contributed by atoms with van der Waals surface area (Å²) >= 11 is 1.82. The summed E-state index contributed by atoms with van der Waals surface area (Å²) in [6.45, 7) is 10.4. The predicted octanol–water partition coefficient (Wildman–Crippen LogP) is 13.0. The van der Waals surface area contributed by atoms with Gasteiger partial charge in [-0.05, 0) is 49.0 Å². The monoisotopic (exact) mass is 655 g/mol. The number of thioether (sulfide) groups is 1. The van der Waals surface area contributed by atoms with Gasteiger partial charge in [0.25, 0.3) is 0 Å². The van der Waals surface area contributed by atoms with Gasteiger partial charge in [-0.1, -0.05) is 169 Å². The van der Waals surface area contributed by atoms with Gasteiger partial charge in [-0.3, -0.25) is 9.59 Å². The van der Waals surface area contributed by atoms with Crippen molar-refractivity contribution < 1.29 is 19.1 Å². The number of ether oxygens (including phenoxy) is 2. The molecule has 0 aromatic carbocycles. The lowest BCUT2D eigenvalue weighted by Crippen LogP contribution is -2.07. The number of hydrogen-bond acceptors (Lipinski definition) is 5. The van der Waals surface area contributed by atoms with Gasteiger partial charge in [0.05, 0.1) is 13.2 Å². The van der Waals surface area contributed by atoms with Gasteiger partial charge in [0.15, 0.2) is 0 Å². The molecule has 0 aliphatic heterocycles. The molecule has 0 heterocycles. The highest BCUT2D eigenvalue weighted by molar-refractivity contribution is 7.99. The topological polar surface area (TPSA) is 52.6 Å². The van der Waals surface area contributed by atoms with Crippen LogP contribution in [0.4, 0.5) is 0 Å². The van der Waals surface area contributed by atoms with Crippen LogP contribution in [0, 0.1) is 11.8 Å². The second kappa shape index (κ2) is 36.1. The zero-order chi connectivity index (χ0) is 33.1. The van der Waals surface area contributed by atoms with Crippen LogP contribution in [0.3, 0.4) is 0 Å². The average Bonchev–Trinajstić information content (AvgIpc) is 3.00. The van der Waals surface area contributed by atoms with E-state index >= 15 is 0 Å². The first-order valence-corrected chi connectivity index (χ1v) is 21.0. The van der Waals surface area contributed by atoms with Crippen molar-refractivity contribution in [3.05, 3.63) is 0 Å². The highest BCUT2D eigenvalue weighted by atomic mass is 32.2. The molecule has 0 N–H and O–H groups in total. The van der Waals surface area contributed by atoms with Crippen LogP contribution in [-0.4, -0.2) is 36.7 Å². The van der Waals surface area contributed by atoms with Gasteiger partial charge in [-0.2, -0.15) is 11.8 Å². The summed E-state index contributed by atoms with van der Waals surface area (Å²) in [6, 6.07) is 0. The second-order valence-electron chi connectivity index (χ2n) is 14.4. The number of carbonyl (C=O) groups excluding carboxylic acids is 2. The van der Waals surface area contributed by atoms with E-state index in [9.17, 15) is 9.59 Å². The highest BCUT2D eigenvalue weighted by Crippen LogP contribution is 2.16. The molecule has 0 aliphatic carbocycles. The van der Waals surface area contributed by atoms with Gasteiger partial charge in [-0.15, -0.1) is 0 Å². The Bertz CT molecular complexity index is 569. The average molecular weight is 655 g/mol. The summed E-state index contributed by atoms with van der Waals surface area (Å²) in [5.74, 6) is 3.48. The number of hydrogen-bond donors (Lipinski definition) is 0. The van der Waals surface area contributed by atoms with E-state index in [1.54, 1.807) is 0 Å². The molecule has 0 fully saturated rings. The van der Waals surface area contributed by atoms with Gasteiger partial charge < -0.3 is 9.47 Å². The lowest BCUT2D eigenvalue weighted by molar-refractivity contribution is -0.144. The van der Waals surface area contributed by atoms with Crippen molar-refractivity contribution in [3.63, 3.8) is 0 Å². The summed E-state index contributed by atoms with van der Waals surface area (Å²) in [5, 5.41) is 0. The van der Waals surface area contributed by atoms with Gasteiger partial charge in [-0.25, -0.2) is 0 Å². The first kappa shape index (κ1) is 44.3. The molecule has 268 valence electrons. The smallest absolute Gasteiger partial charge is 0.305 e. The van der Waals surface area contributed by atoms with Crippen LogP contribution < -0.4 is 0 Å². The molecule has 0 saturated carbocycles. The molecule has 0 bridgehead atoms. The molecule has 45 heavy (non-hydrogen) atoms. The summed E-state index contributed by atoms with van der Waals surface area (Å²) in [5.41, 5.74) is 0. The number of unbranched alkanes of at least 4 members (excludes halogenated alkanes) is 20. The maximum absolute atomic E-state index is 11.9. The zero-order valence-corrected chi connectivity index (χ0v) is 31.6. The number of carbonyl (C=O) groups is 2. The Labute approximate surface area is 286 Å². The van der Waals surface area contributed by atoms with Crippen LogP contribution in [0.25, 0.3) is 0 Å². The summed E-state index contributed by atoms with van der Waals surface area (Å²) < 4.78 is 10.8. The van der Waals surface area contributed by atoms with E-state index in [2.05, 4.69) is 27.7 Å². The number of esters is 2. The van der Waals surface area contributed by atoms with E-state index in [0.29, 0.717) is 26.1 Å². The van der Waals surface area contributed by atoms with Gasteiger partial charge in [0.2, 0.25) is 0 Å². The Kier molecular flexibility index (Phi) is 35.6. The predicted molar refractivity (Wildman–Crippen MR) is 198 cm³/mol. The molecular weight excluding hydrogens is 577 g/mol. The Balaban J connectivity index is 3.26. The minimum atomic E-state index is -0.0597. The summed E-state index contributed by atoms with van der Waals surface area (Å²) in [7, 11) is 0. The van der Waals surface area contributed by atoms with Crippen molar-refractivity contribution in [3.8, 4) is 0 Å². The third kappa shape index (κ3) is 39.4. The van der Waals surface area contributed by atoms with Gasteiger partial charge in [0.1, 0.15) is 0 Å². The van der Waals surface area contributed by atoms with Crippen LogP contribution in [0.2, 0.25) is 0 Å². The molecule has 0 amide bonds. The first-order valence-electron chi connectivity index (χ1n) is 19.8. The van der Waals surface area contributed by atoms with E-state index in [0.717, 1.165) is 49.0 Å². The molecule has 0 atom stereocenters. The molecular formula is C40H78O4S. The van der Waals surface area contributed by atoms with Gasteiger partial charge >= 0.3 is 11.9 Å². The minimum Gasteiger partial charge on any atom is -0.466 e. The summed E-state index contributed by atoms with van der Waals surface area (Å²) in [6.07, 6.45) is 34.4. The molecule has 0 unspecified atom stereocenters. The Morgan fingerprint density at radius 3 is 0.956 bits per heavy atom. The Morgan fingerprint density at radius 2 is 0.667 bits per heavy atom. The van der Waals surface area contributed by atoms with E-state index in [1.807, 2.05) is 11.8 Å². The van der Waals surface area contributed by atoms with Crippen LogP contribution >= 0.6 is 11.8 Å². The quantitative estimate of drug-likeness (QED) is 0.0497. The molecule has 4 nitrogen and oxygen atoms in total. The fraction of sp³-hybridized carbons (Fsp3) is 0.950. The fourth-order valence-electron chi connectivity index (χ4n) is 5.75. The molecule has 0 spiro atoms. The summed E-state index contributed by atoms with van der Waals surface area (Å²) in [4.78, 5) is 23.9. The Hall–Kier alpha value is -0.710. The molecule has 0 saturated heterocycles.